The second-order valence-electron chi connectivity index (χ2n) is 6.03. The predicted molar refractivity (Wildman–Crippen MR) is 80.4 cm³/mol. The highest BCUT2D eigenvalue weighted by Crippen LogP contribution is 2.13. The molecule has 0 fully saturated rings. The van der Waals surface area contributed by atoms with Crippen molar-refractivity contribution in [3.05, 3.63) is 29.3 Å². The molecule has 1 aromatic rings. The molecule has 1 unspecified atom stereocenters. The normalized spacial score (nSPS) is 12.7. The van der Waals surface area contributed by atoms with Gasteiger partial charge in [0.1, 0.15) is 6.04 Å². The van der Waals surface area contributed by atoms with Gasteiger partial charge in [0.25, 0.3) is 5.91 Å². The van der Waals surface area contributed by atoms with E-state index in [0.29, 0.717) is 11.3 Å². The number of carbonyl (C=O) groups excluding carboxylic acids is 2. The largest absolute Gasteiger partial charge is 0.398 e. The Morgan fingerprint density at radius 3 is 2.35 bits per heavy atom. The Bertz CT molecular complexity index is 518. The van der Waals surface area contributed by atoms with Crippen LogP contribution in [0.3, 0.4) is 0 Å². The summed E-state index contributed by atoms with van der Waals surface area (Å²) in [5.41, 5.74) is 7.25. The van der Waals surface area contributed by atoms with Crippen LogP contribution in [0.15, 0.2) is 18.2 Å². The van der Waals surface area contributed by atoms with Crippen LogP contribution in [0.2, 0.25) is 0 Å². The standard InChI is InChI=1S/C15H23N3O2/c1-9-6-7-11(12(16)8-9)14(20)17-10(2)13(19)18-15(3,4)5/h6-8,10H,16H2,1-5H3,(H,17,20)(H,18,19). The average molecular weight is 277 g/mol. The topological polar surface area (TPSA) is 84.2 Å². The van der Waals surface area contributed by atoms with Crippen LogP contribution >= 0.6 is 0 Å². The molecule has 1 aromatic carbocycles. The molecule has 0 saturated carbocycles. The molecule has 5 heteroatoms. The lowest BCUT2D eigenvalue weighted by atomic mass is 10.1. The number of aryl methyl sites for hydroxylation is 1. The average Bonchev–Trinajstić information content (AvgIpc) is 2.26. The van der Waals surface area contributed by atoms with E-state index in [9.17, 15) is 9.59 Å². The summed E-state index contributed by atoms with van der Waals surface area (Å²) in [4.78, 5) is 24.0. The highest BCUT2D eigenvalue weighted by molar-refractivity contribution is 6.01. The van der Waals surface area contributed by atoms with Gasteiger partial charge in [0.05, 0.1) is 5.56 Å². The van der Waals surface area contributed by atoms with Crippen molar-refractivity contribution in [3.8, 4) is 0 Å². The summed E-state index contributed by atoms with van der Waals surface area (Å²) >= 11 is 0. The molecule has 1 rings (SSSR count). The zero-order valence-corrected chi connectivity index (χ0v) is 12.7. The van der Waals surface area contributed by atoms with Crippen molar-refractivity contribution in [1.82, 2.24) is 10.6 Å². The van der Waals surface area contributed by atoms with E-state index in [4.69, 9.17) is 5.73 Å². The van der Waals surface area contributed by atoms with Gasteiger partial charge in [-0.3, -0.25) is 9.59 Å². The molecule has 0 heterocycles. The fourth-order valence-electron chi connectivity index (χ4n) is 1.71. The lowest BCUT2D eigenvalue weighted by Gasteiger charge is -2.23. The number of carbonyl (C=O) groups is 2. The van der Waals surface area contributed by atoms with Crippen molar-refractivity contribution in [1.29, 1.82) is 0 Å². The minimum Gasteiger partial charge on any atom is -0.398 e. The van der Waals surface area contributed by atoms with E-state index in [2.05, 4.69) is 10.6 Å². The van der Waals surface area contributed by atoms with Crippen molar-refractivity contribution >= 4 is 17.5 Å². The third kappa shape index (κ3) is 4.57. The minimum absolute atomic E-state index is 0.225. The van der Waals surface area contributed by atoms with Crippen LogP contribution < -0.4 is 16.4 Å². The number of nitrogens with two attached hydrogens (primary N) is 1. The maximum Gasteiger partial charge on any atom is 0.254 e. The molecule has 2 amide bonds. The van der Waals surface area contributed by atoms with E-state index >= 15 is 0 Å². The molecule has 5 nitrogen and oxygen atoms in total. The highest BCUT2D eigenvalue weighted by Gasteiger charge is 2.21. The van der Waals surface area contributed by atoms with Crippen molar-refractivity contribution in [2.45, 2.75) is 46.2 Å². The van der Waals surface area contributed by atoms with Crippen LogP contribution in [0.25, 0.3) is 0 Å². The van der Waals surface area contributed by atoms with E-state index in [1.807, 2.05) is 33.8 Å². The Labute approximate surface area is 119 Å². The first-order chi connectivity index (χ1) is 9.10. The van der Waals surface area contributed by atoms with Gasteiger partial charge >= 0.3 is 0 Å². The van der Waals surface area contributed by atoms with Gasteiger partial charge in [-0.2, -0.15) is 0 Å². The molecule has 0 aromatic heterocycles. The maximum atomic E-state index is 12.1. The molecule has 0 aliphatic heterocycles. The summed E-state index contributed by atoms with van der Waals surface area (Å²) in [7, 11) is 0. The van der Waals surface area contributed by atoms with E-state index in [-0.39, 0.29) is 17.4 Å². The summed E-state index contributed by atoms with van der Waals surface area (Å²) in [5, 5.41) is 5.46. The number of rotatable bonds is 3. The van der Waals surface area contributed by atoms with Crippen LogP contribution in [0.4, 0.5) is 5.69 Å². The van der Waals surface area contributed by atoms with E-state index in [0.717, 1.165) is 5.56 Å². The van der Waals surface area contributed by atoms with Crippen molar-refractivity contribution in [2.24, 2.45) is 0 Å². The van der Waals surface area contributed by atoms with E-state index < -0.39 is 6.04 Å². The first-order valence-corrected chi connectivity index (χ1v) is 6.59. The van der Waals surface area contributed by atoms with Crippen LogP contribution in [-0.4, -0.2) is 23.4 Å². The molecule has 20 heavy (non-hydrogen) atoms. The molecule has 110 valence electrons. The number of nitrogens with one attached hydrogen (secondary N) is 2. The second kappa shape index (κ2) is 5.94. The third-order valence-corrected chi connectivity index (χ3v) is 2.69. The molecular formula is C15H23N3O2. The Kier molecular flexibility index (Phi) is 4.76. The lowest BCUT2D eigenvalue weighted by Crippen LogP contribution is -2.50. The first-order valence-electron chi connectivity index (χ1n) is 6.59. The molecule has 0 bridgehead atoms. The maximum absolute atomic E-state index is 12.1. The Morgan fingerprint density at radius 1 is 1.25 bits per heavy atom. The summed E-state index contributed by atoms with van der Waals surface area (Å²) in [6, 6.07) is 4.58. The zero-order chi connectivity index (χ0) is 15.5. The van der Waals surface area contributed by atoms with Crippen molar-refractivity contribution < 1.29 is 9.59 Å². The number of benzene rings is 1. The zero-order valence-electron chi connectivity index (χ0n) is 12.7. The van der Waals surface area contributed by atoms with Gasteiger partial charge in [0.15, 0.2) is 0 Å². The lowest BCUT2D eigenvalue weighted by molar-refractivity contribution is -0.124. The van der Waals surface area contributed by atoms with Gasteiger partial charge in [0.2, 0.25) is 5.91 Å². The summed E-state index contributed by atoms with van der Waals surface area (Å²) in [6.07, 6.45) is 0. The molecule has 4 N–H and O–H groups in total. The molecule has 1 atom stereocenters. The van der Waals surface area contributed by atoms with Gasteiger partial charge in [-0.05, 0) is 52.3 Å². The summed E-state index contributed by atoms with van der Waals surface area (Å²) in [5.74, 6) is -0.574. The van der Waals surface area contributed by atoms with Crippen molar-refractivity contribution in [3.63, 3.8) is 0 Å². The van der Waals surface area contributed by atoms with Gasteiger partial charge in [-0.15, -0.1) is 0 Å². The van der Waals surface area contributed by atoms with Gasteiger partial charge < -0.3 is 16.4 Å². The van der Waals surface area contributed by atoms with Crippen LogP contribution in [-0.2, 0) is 4.79 Å². The number of amides is 2. The smallest absolute Gasteiger partial charge is 0.254 e. The molecule has 0 saturated heterocycles. The Balaban J connectivity index is 2.73. The van der Waals surface area contributed by atoms with Crippen LogP contribution in [0, 0.1) is 6.92 Å². The second-order valence-corrected chi connectivity index (χ2v) is 6.03. The van der Waals surface area contributed by atoms with Gasteiger partial charge in [-0.1, -0.05) is 6.07 Å². The fraction of sp³-hybridized carbons (Fsp3) is 0.467. The highest BCUT2D eigenvalue weighted by atomic mass is 16.2. The number of nitrogen functional groups attached to an aromatic ring is 1. The molecule has 0 aliphatic carbocycles. The monoisotopic (exact) mass is 277 g/mol. The fourth-order valence-corrected chi connectivity index (χ4v) is 1.71. The molecule has 0 radical (unpaired) electrons. The number of anilines is 1. The molecule has 0 aliphatic rings. The number of hydrogen-bond acceptors (Lipinski definition) is 3. The third-order valence-electron chi connectivity index (χ3n) is 2.69. The minimum atomic E-state index is -0.623. The molecular weight excluding hydrogens is 254 g/mol. The Hall–Kier alpha value is -2.04. The molecule has 0 spiro atoms. The predicted octanol–water partition coefficient (Wildman–Crippen LogP) is 1.61. The summed E-state index contributed by atoms with van der Waals surface area (Å²) < 4.78 is 0. The van der Waals surface area contributed by atoms with E-state index in [1.54, 1.807) is 19.1 Å². The Morgan fingerprint density at radius 2 is 1.85 bits per heavy atom. The first kappa shape index (κ1) is 16.0. The van der Waals surface area contributed by atoms with Crippen molar-refractivity contribution in [2.75, 3.05) is 5.73 Å². The van der Waals surface area contributed by atoms with Gasteiger partial charge in [0, 0.05) is 11.2 Å². The van der Waals surface area contributed by atoms with Gasteiger partial charge in [-0.25, -0.2) is 0 Å². The summed E-state index contributed by atoms with van der Waals surface area (Å²) in [6.45, 7) is 9.20. The van der Waals surface area contributed by atoms with E-state index in [1.165, 1.54) is 0 Å². The van der Waals surface area contributed by atoms with Crippen LogP contribution in [0.5, 0.6) is 0 Å². The van der Waals surface area contributed by atoms with Crippen LogP contribution in [0.1, 0.15) is 43.6 Å². The quantitative estimate of drug-likeness (QED) is 0.734. The SMILES string of the molecule is Cc1ccc(C(=O)NC(C)C(=O)NC(C)(C)C)c(N)c1. The number of hydrogen-bond donors (Lipinski definition) is 3.